The van der Waals surface area contributed by atoms with E-state index in [0.29, 0.717) is 19.3 Å². The topological polar surface area (TPSA) is 51.2 Å². The highest BCUT2D eigenvalue weighted by Crippen LogP contribution is 2.30. The van der Waals surface area contributed by atoms with E-state index in [1.165, 1.54) is 17.4 Å². The highest BCUT2D eigenvalue weighted by atomic mass is 32.2. The maximum Gasteiger partial charge on any atom is 0.150 e. The summed E-state index contributed by atoms with van der Waals surface area (Å²) < 4.78 is 23.4. The molecule has 0 aromatic heterocycles. The lowest BCUT2D eigenvalue weighted by atomic mass is 9.83. The molecule has 1 fully saturated rings. The Morgan fingerprint density at radius 3 is 2.52 bits per heavy atom. The second-order valence-corrected chi connectivity index (χ2v) is 8.70. The number of aryl methyl sites for hydroxylation is 2. The molecule has 1 aromatic carbocycles. The Balaban J connectivity index is 2.04. The van der Waals surface area contributed by atoms with Crippen molar-refractivity contribution in [2.75, 3.05) is 6.26 Å². The van der Waals surface area contributed by atoms with Crippen LogP contribution in [-0.2, 0) is 21.1 Å². The normalized spacial score (nSPS) is 23.0. The van der Waals surface area contributed by atoms with Crippen LogP contribution in [0.2, 0.25) is 0 Å². The molecule has 0 amide bonds. The smallest absolute Gasteiger partial charge is 0.150 e. The fourth-order valence-corrected chi connectivity index (χ4v) is 4.26. The molecule has 2 rings (SSSR count). The summed E-state index contributed by atoms with van der Waals surface area (Å²) in [6.45, 7) is 4.10. The first-order valence-corrected chi connectivity index (χ1v) is 9.50. The Hall–Kier alpha value is -1.16. The van der Waals surface area contributed by atoms with Crippen LogP contribution in [0.4, 0.5) is 0 Å². The van der Waals surface area contributed by atoms with E-state index in [2.05, 4.69) is 13.0 Å². The zero-order valence-electron chi connectivity index (χ0n) is 13.1. The van der Waals surface area contributed by atoms with Crippen LogP contribution in [0.15, 0.2) is 18.2 Å². The number of sulfone groups is 1. The van der Waals surface area contributed by atoms with Gasteiger partial charge >= 0.3 is 0 Å². The molecule has 1 saturated carbocycles. The first kappa shape index (κ1) is 16.2. The van der Waals surface area contributed by atoms with Crippen molar-refractivity contribution in [1.82, 2.24) is 0 Å². The third kappa shape index (κ3) is 4.16. The molecule has 0 N–H and O–H groups in total. The molecule has 3 nitrogen and oxygen atoms in total. The maximum absolute atomic E-state index is 12.4. The Morgan fingerprint density at radius 1 is 1.19 bits per heavy atom. The average molecular weight is 308 g/mol. The minimum Gasteiger partial charge on any atom is -0.299 e. The van der Waals surface area contributed by atoms with Crippen molar-refractivity contribution in [1.29, 1.82) is 0 Å². The molecular weight excluding hydrogens is 284 g/mol. The van der Waals surface area contributed by atoms with Gasteiger partial charge in [0.15, 0.2) is 0 Å². The van der Waals surface area contributed by atoms with Gasteiger partial charge in [-0.1, -0.05) is 24.6 Å². The summed E-state index contributed by atoms with van der Waals surface area (Å²) in [5.74, 6) is 0.0895. The number of ketones is 1. The van der Waals surface area contributed by atoms with Crippen molar-refractivity contribution in [2.24, 2.45) is 5.92 Å². The molecule has 0 aliphatic heterocycles. The lowest BCUT2D eigenvalue weighted by Crippen LogP contribution is -2.31. The van der Waals surface area contributed by atoms with Crippen molar-refractivity contribution in [2.45, 2.75) is 51.2 Å². The molecule has 116 valence electrons. The fourth-order valence-electron chi connectivity index (χ4n) is 3.09. The first-order valence-electron chi connectivity index (χ1n) is 7.55. The van der Waals surface area contributed by atoms with Gasteiger partial charge in [-0.05, 0) is 49.8 Å². The number of benzene rings is 1. The molecule has 2 atom stereocenters. The van der Waals surface area contributed by atoms with Gasteiger partial charge in [0.25, 0.3) is 0 Å². The van der Waals surface area contributed by atoms with Gasteiger partial charge in [0.2, 0.25) is 0 Å². The van der Waals surface area contributed by atoms with Gasteiger partial charge in [0, 0.05) is 18.6 Å². The molecule has 0 saturated heterocycles. The van der Waals surface area contributed by atoms with Gasteiger partial charge in [-0.3, -0.25) is 4.79 Å². The molecule has 4 heteroatoms. The predicted molar refractivity (Wildman–Crippen MR) is 85.2 cm³/mol. The number of carbonyl (C=O) groups excluding carboxylic acids is 1. The summed E-state index contributed by atoms with van der Waals surface area (Å²) in [5, 5.41) is -0.333. The molecule has 1 aliphatic rings. The van der Waals surface area contributed by atoms with E-state index in [-0.39, 0.29) is 17.0 Å². The van der Waals surface area contributed by atoms with Gasteiger partial charge in [0.1, 0.15) is 15.6 Å². The molecule has 1 aliphatic carbocycles. The minimum atomic E-state index is -3.03. The van der Waals surface area contributed by atoms with Crippen LogP contribution in [0.25, 0.3) is 0 Å². The van der Waals surface area contributed by atoms with Gasteiger partial charge in [0.05, 0.1) is 5.25 Å². The third-order valence-electron chi connectivity index (χ3n) is 4.64. The van der Waals surface area contributed by atoms with E-state index in [1.807, 2.05) is 19.1 Å². The molecule has 0 spiro atoms. The van der Waals surface area contributed by atoms with Gasteiger partial charge in [-0.15, -0.1) is 0 Å². The number of carbonyl (C=O) groups is 1. The second-order valence-electron chi connectivity index (χ2n) is 6.38. The van der Waals surface area contributed by atoms with E-state index < -0.39 is 9.84 Å². The largest absolute Gasteiger partial charge is 0.299 e. The third-order valence-corrected chi connectivity index (χ3v) is 6.28. The van der Waals surface area contributed by atoms with E-state index >= 15 is 0 Å². The Labute approximate surface area is 127 Å². The number of rotatable bonds is 4. The van der Waals surface area contributed by atoms with E-state index in [0.717, 1.165) is 18.4 Å². The highest BCUT2D eigenvalue weighted by molar-refractivity contribution is 7.91. The summed E-state index contributed by atoms with van der Waals surface area (Å²) in [6.07, 6.45) is 4.57. The molecule has 0 bridgehead atoms. The van der Waals surface area contributed by atoms with Crippen molar-refractivity contribution in [3.8, 4) is 0 Å². The SMILES string of the molecule is Cc1ccc(CC(=O)C2CCCC(S(C)(=O)=O)C2)cc1C. The molecule has 21 heavy (non-hydrogen) atoms. The summed E-state index contributed by atoms with van der Waals surface area (Å²) in [7, 11) is -3.03. The quantitative estimate of drug-likeness (QED) is 0.859. The molecular formula is C17H24O3S. The summed E-state index contributed by atoms with van der Waals surface area (Å²) >= 11 is 0. The predicted octanol–water partition coefficient (Wildman–Crippen LogP) is 3.02. The van der Waals surface area contributed by atoms with E-state index in [4.69, 9.17) is 0 Å². The molecule has 0 heterocycles. The van der Waals surface area contributed by atoms with Gasteiger partial charge < -0.3 is 0 Å². The maximum atomic E-state index is 12.4. The van der Waals surface area contributed by atoms with E-state index in [9.17, 15) is 13.2 Å². The van der Waals surface area contributed by atoms with Crippen molar-refractivity contribution >= 4 is 15.6 Å². The first-order chi connectivity index (χ1) is 9.77. The highest BCUT2D eigenvalue weighted by Gasteiger charge is 2.32. The summed E-state index contributed by atoms with van der Waals surface area (Å²) in [6, 6.07) is 6.10. The lowest BCUT2D eigenvalue weighted by Gasteiger charge is -2.27. The molecule has 2 unspecified atom stereocenters. The minimum absolute atomic E-state index is 0.0971. The van der Waals surface area contributed by atoms with E-state index in [1.54, 1.807) is 0 Å². The standard InChI is InChI=1S/C17H24O3S/c1-12-7-8-14(9-13(12)2)10-17(18)15-5-4-6-16(11-15)21(3,19)20/h7-9,15-16H,4-6,10-11H2,1-3H3. The van der Waals surface area contributed by atoms with Crippen molar-refractivity contribution in [3.05, 3.63) is 34.9 Å². The number of Topliss-reactive ketones (excluding diaryl/α,β-unsaturated/α-hetero) is 1. The van der Waals surface area contributed by atoms with Crippen LogP contribution >= 0.6 is 0 Å². The second kappa shape index (κ2) is 6.30. The average Bonchev–Trinajstić information content (AvgIpc) is 2.42. The fraction of sp³-hybridized carbons (Fsp3) is 0.588. The number of hydrogen-bond acceptors (Lipinski definition) is 3. The summed E-state index contributed by atoms with van der Waals surface area (Å²) in [5.41, 5.74) is 3.45. The van der Waals surface area contributed by atoms with Crippen molar-refractivity contribution < 1.29 is 13.2 Å². The Kier molecular flexibility index (Phi) is 4.87. The zero-order valence-corrected chi connectivity index (χ0v) is 13.9. The Bertz CT molecular complexity index is 631. The lowest BCUT2D eigenvalue weighted by molar-refractivity contribution is -0.123. The van der Waals surface area contributed by atoms with Crippen LogP contribution in [0.5, 0.6) is 0 Å². The van der Waals surface area contributed by atoms with Crippen LogP contribution in [-0.4, -0.2) is 25.7 Å². The molecule has 1 aromatic rings. The number of hydrogen-bond donors (Lipinski definition) is 0. The van der Waals surface area contributed by atoms with Gasteiger partial charge in [-0.25, -0.2) is 8.42 Å². The van der Waals surface area contributed by atoms with Gasteiger partial charge in [-0.2, -0.15) is 0 Å². The monoisotopic (exact) mass is 308 g/mol. The van der Waals surface area contributed by atoms with Crippen LogP contribution in [0.3, 0.4) is 0 Å². The van der Waals surface area contributed by atoms with Crippen LogP contribution in [0, 0.1) is 19.8 Å². The van der Waals surface area contributed by atoms with Crippen molar-refractivity contribution in [3.63, 3.8) is 0 Å². The Morgan fingerprint density at radius 2 is 1.90 bits per heavy atom. The molecule has 0 radical (unpaired) electrons. The zero-order chi connectivity index (χ0) is 15.6. The summed E-state index contributed by atoms with van der Waals surface area (Å²) in [4.78, 5) is 12.4. The van der Waals surface area contributed by atoms with Crippen LogP contribution in [0.1, 0.15) is 42.4 Å². The van der Waals surface area contributed by atoms with Crippen LogP contribution < -0.4 is 0 Å².